The number of ether oxygens (including phenoxy) is 2. The highest BCUT2D eigenvalue weighted by atomic mass is 32.2. The summed E-state index contributed by atoms with van der Waals surface area (Å²) in [5.74, 6) is -0.681. The molecule has 0 aliphatic carbocycles. The van der Waals surface area contributed by atoms with Gasteiger partial charge >= 0.3 is 5.97 Å². The second kappa shape index (κ2) is 10.8. The Morgan fingerprint density at radius 1 is 0.971 bits per heavy atom. The molecule has 0 fully saturated rings. The Morgan fingerprint density at radius 3 is 2.35 bits per heavy atom. The summed E-state index contributed by atoms with van der Waals surface area (Å²) < 4.78 is 38.0. The van der Waals surface area contributed by atoms with Crippen LogP contribution in [-0.4, -0.2) is 34.0 Å². The van der Waals surface area contributed by atoms with E-state index in [4.69, 9.17) is 9.47 Å². The number of aryl methyl sites for hydroxylation is 1. The molecule has 3 aromatic carbocycles. The molecule has 178 valence electrons. The molecule has 0 heterocycles. The van der Waals surface area contributed by atoms with Gasteiger partial charge in [0.15, 0.2) is 6.61 Å². The Morgan fingerprint density at radius 2 is 1.68 bits per heavy atom. The van der Waals surface area contributed by atoms with Gasteiger partial charge < -0.3 is 14.8 Å². The van der Waals surface area contributed by atoms with Crippen molar-refractivity contribution in [2.45, 2.75) is 24.8 Å². The molecule has 0 spiro atoms. The lowest BCUT2D eigenvalue weighted by atomic mass is 10.0. The number of amides is 1. The number of anilines is 1. The molecule has 9 heteroatoms. The van der Waals surface area contributed by atoms with Gasteiger partial charge in [-0.25, -0.2) is 13.2 Å². The second-order valence-corrected chi connectivity index (χ2v) is 9.27. The number of esters is 1. The molecule has 3 aromatic rings. The summed E-state index contributed by atoms with van der Waals surface area (Å²) in [6.07, 6.45) is 0. The van der Waals surface area contributed by atoms with Crippen LogP contribution in [0.1, 0.15) is 34.5 Å². The fourth-order valence-electron chi connectivity index (χ4n) is 3.31. The monoisotopic (exact) mass is 482 g/mol. The van der Waals surface area contributed by atoms with Gasteiger partial charge in [0, 0.05) is 5.69 Å². The van der Waals surface area contributed by atoms with E-state index in [1.54, 1.807) is 24.3 Å². The lowest BCUT2D eigenvalue weighted by Crippen LogP contribution is -2.31. The maximum absolute atomic E-state index is 12.7. The largest absolute Gasteiger partial charge is 0.497 e. The first kappa shape index (κ1) is 24.8. The smallest absolute Gasteiger partial charge is 0.338 e. The van der Waals surface area contributed by atoms with Crippen LogP contribution in [0.25, 0.3) is 0 Å². The van der Waals surface area contributed by atoms with Crippen LogP contribution in [0.2, 0.25) is 0 Å². The summed E-state index contributed by atoms with van der Waals surface area (Å²) in [6, 6.07) is 19.2. The van der Waals surface area contributed by atoms with Gasteiger partial charge in [-0.3, -0.25) is 9.52 Å². The molecule has 3 rings (SSSR count). The van der Waals surface area contributed by atoms with E-state index in [-0.39, 0.29) is 16.5 Å². The molecule has 1 amide bonds. The zero-order valence-corrected chi connectivity index (χ0v) is 19.9. The predicted octanol–water partition coefficient (Wildman–Crippen LogP) is 3.84. The molecule has 0 radical (unpaired) electrons. The lowest BCUT2D eigenvalue weighted by molar-refractivity contribution is -0.124. The zero-order chi connectivity index (χ0) is 24.7. The first-order valence-corrected chi connectivity index (χ1v) is 12.0. The van der Waals surface area contributed by atoms with Crippen LogP contribution in [-0.2, 0) is 19.6 Å². The number of methoxy groups -OCH3 is 1. The summed E-state index contributed by atoms with van der Waals surface area (Å²) in [5, 5.41) is 2.78. The lowest BCUT2D eigenvalue weighted by Gasteiger charge is -2.16. The third kappa shape index (κ3) is 6.35. The number of hydrogen-bond acceptors (Lipinski definition) is 6. The molecule has 0 aromatic heterocycles. The van der Waals surface area contributed by atoms with Crippen LogP contribution in [0.15, 0.2) is 77.7 Å². The van der Waals surface area contributed by atoms with Gasteiger partial charge in [-0.2, -0.15) is 0 Å². The molecule has 0 aliphatic heterocycles. The molecular weight excluding hydrogens is 456 g/mol. The standard InChI is InChI=1S/C25H26N2O6S/c1-17-7-4-5-10-23(17)18(2)26-24(28)16-33-25(29)19-8-6-9-22(15-19)34(30,31)27-20-11-13-21(32-3)14-12-20/h4-15,18,27H,16H2,1-3H3,(H,26,28). The summed E-state index contributed by atoms with van der Waals surface area (Å²) in [7, 11) is -2.44. The highest BCUT2D eigenvalue weighted by Gasteiger charge is 2.18. The Balaban J connectivity index is 1.61. The second-order valence-electron chi connectivity index (χ2n) is 7.58. The normalized spacial score (nSPS) is 11.9. The molecule has 1 unspecified atom stereocenters. The first-order valence-electron chi connectivity index (χ1n) is 10.5. The summed E-state index contributed by atoms with van der Waals surface area (Å²) >= 11 is 0. The molecule has 0 saturated carbocycles. The van der Waals surface area contributed by atoms with Crippen molar-refractivity contribution in [1.82, 2.24) is 5.32 Å². The summed E-state index contributed by atoms with van der Waals surface area (Å²) in [4.78, 5) is 24.6. The Hall–Kier alpha value is -3.85. The number of carbonyl (C=O) groups is 2. The Kier molecular flexibility index (Phi) is 7.91. The van der Waals surface area contributed by atoms with Gasteiger partial charge in [0.25, 0.3) is 15.9 Å². The van der Waals surface area contributed by atoms with Gasteiger partial charge in [0.05, 0.1) is 23.6 Å². The van der Waals surface area contributed by atoms with Crippen LogP contribution in [0.3, 0.4) is 0 Å². The number of sulfonamides is 1. The zero-order valence-electron chi connectivity index (χ0n) is 19.1. The molecular formula is C25H26N2O6S. The van der Waals surface area contributed by atoms with Crippen molar-refractivity contribution in [3.8, 4) is 5.75 Å². The molecule has 0 saturated heterocycles. The molecule has 2 N–H and O–H groups in total. The van der Waals surface area contributed by atoms with Crippen molar-refractivity contribution in [3.63, 3.8) is 0 Å². The van der Waals surface area contributed by atoms with E-state index in [1.807, 2.05) is 38.1 Å². The van der Waals surface area contributed by atoms with E-state index in [0.29, 0.717) is 11.4 Å². The van der Waals surface area contributed by atoms with Crippen LogP contribution in [0.4, 0.5) is 5.69 Å². The van der Waals surface area contributed by atoms with Gasteiger partial charge in [0.2, 0.25) is 0 Å². The molecule has 34 heavy (non-hydrogen) atoms. The third-order valence-corrected chi connectivity index (χ3v) is 6.47. The van der Waals surface area contributed by atoms with Crippen molar-refractivity contribution in [3.05, 3.63) is 89.5 Å². The maximum Gasteiger partial charge on any atom is 0.338 e. The van der Waals surface area contributed by atoms with Crippen molar-refractivity contribution in [2.75, 3.05) is 18.4 Å². The van der Waals surface area contributed by atoms with Crippen LogP contribution >= 0.6 is 0 Å². The minimum atomic E-state index is -3.95. The SMILES string of the molecule is COc1ccc(NS(=O)(=O)c2cccc(C(=O)OCC(=O)NC(C)c3ccccc3C)c2)cc1. The highest BCUT2D eigenvalue weighted by molar-refractivity contribution is 7.92. The average molecular weight is 483 g/mol. The summed E-state index contributed by atoms with van der Waals surface area (Å²) in [5.41, 5.74) is 2.35. The van der Waals surface area contributed by atoms with Gasteiger partial charge in [-0.05, 0) is 67.4 Å². The van der Waals surface area contributed by atoms with E-state index >= 15 is 0 Å². The quantitative estimate of drug-likeness (QED) is 0.449. The van der Waals surface area contributed by atoms with E-state index in [9.17, 15) is 18.0 Å². The third-order valence-electron chi connectivity index (χ3n) is 5.09. The van der Waals surface area contributed by atoms with E-state index in [1.165, 1.54) is 31.4 Å². The van der Waals surface area contributed by atoms with E-state index in [2.05, 4.69) is 10.0 Å². The van der Waals surface area contributed by atoms with Crippen molar-refractivity contribution in [2.24, 2.45) is 0 Å². The van der Waals surface area contributed by atoms with Crippen LogP contribution in [0.5, 0.6) is 5.75 Å². The van der Waals surface area contributed by atoms with E-state index < -0.39 is 28.5 Å². The maximum atomic E-state index is 12.7. The molecule has 0 bridgehead atoms. The highest BCUT2D eigenvalue weighted by Crippen LogP contribution is 2.20. The van der Waals surface area contributed by atoms with Crippen molar-refractivity contribution >= 4 is 27.6 Å². The minimum absolute atomic E-state index is 0.0114. The molecule has 8 nitrogen and oxygen atoms in total. The first-order chi connectivity index (χ1) is 16.2. The van der Waals surface area contributed by atoms with Gasteiger partial charge in [0.1, 0.15) is 5.75 Å². The number of hydrogen-bond donors (Lipinski definition) is 2. The summed E-state index contributed by atoms with van der Waals surface area (Å²) in [6.45, 7) is 3.30. The fourth-order valence-corrected chi connectivity index (χ4v) is 4.42. The topological polar surface area (TPSA) is 111 Å². The van der Waals surface area contributed by atoms with Crippen molar-refractivity contribution < 1.29 is 27.5 Å². The minimum Gasteiger partial charge on any atom is -0.497 e. The fraction of sp³-hybridized carbons (Fsp3) is 0.200. The average Bonchev–Trinajstić information content (AvgIpc) is 2.83. The number of nitrogens with one attached hydrogen (secondary N) is 2. The number of carbonyl (C=O) groups excluding carboxylic acids is 2. The number of benzene rings is 3. The molecule has 1 atom stereocenters. The van der Waals surface area contributed by atoms with Gasteiger partial charge in [-0.15, -0.1) is 0 Å². The van der Waals surface area contributed by atoms with Crippen molar-refractivity contribution in [1.29, 1.82) is 0 Å². The van der Waals surface area contributed by atoms with Crippen LogP contribution in [0, 0.1) is 6.92 Å². The number of rotatable bonds is 9. The van der Waals surface area contributed by atoms with E-state index in [0.717, 1.165) is 11.1 Å². The van der Waals surface area contributed by atoms with Crippen LogP contribution < -0.4 is 14.8 Å². The molecule has 0 aliphatic rings. The Bertz CT molecular complexity index is 1270. The predicted molar refractivity (Wildman–Crippen MR) is 128 cm³/mol. The van der Waals surface area contributed by atoms with Gasteiger partial charge in [-0.1, -0.05) is 30.3 Å². The Labute approximate surface area is 199 Å².